The van der Waals surface area contributed by atoms with Gasteiger partial charge in [-0.3, -0.25) is 9.69 Å². The number of nitrogens with zero attached hydrogens (tertiary/aromatic N) is 1. The number of aliphatic carboxylic acids is 1. The van der Waals surface area contributed by atoms with Crippen molar-refractivity contribution in [3.05, 3.63) is 70.2 Å². The molecule has 2 aromatic rings. The fourth-order valence-electron chi connectivity index (χ4n) is 2.83. The van der Waals surface area contributed by atoms with E-state index in [2.05, 4.69) is 6.07 Å². The van der Waals surface area contributed by atoms with E-state index in [1.54, 1.807) is 0 Å². The van der Waals surface area contributed by atoms with Gasteiger partial charge in [0.2, 0.25) is 0 Å². The number of hydrogen-bond acceptors (Lipinski definition) is 2. The van der Waals surface area contributed by atoms with Gasteiger partial charge in [-0.1, -0.05) is 54.1 Å². The van der Waals surface area contributed by atoms with Crippen LogP contribution in [0.5, 0.6) is 0 Å². The molecule has 0 saturated carbocycles. The number of fused-ring (bicyclic) bond motifs is 1. The van der Waals surface area contributed by atoms with Crippen LogP contribution in [0.1, 0.15) is 16.7 Å². The molecule has 0 aromatic heterocycles. The second-order valence-electron chi connectivity index (χ2n) is 5.32. The first-order valence-corrected chi connectivity index (χ1v) is 7.30. The van der Waals surface area contributed by atoms with Crippen LogP contribution < -0.4 is 0 Å². The molecule has 1 atom stereocenters. The average Bonchev–Trinajstić information content (AvgIpc) is 2.48. The smallest absolute Gasteiger partial charge is 0.321 e. The SMILES string of the molecule is Cl.O=C(O)C1Cc2ccccc2CN1Cc1ccccc1Cl. The van der Waals surface area contributed by atoms with Crippen LogP contribution in [0.3, 0.4) is 0 Å². The molecule has 0 aliphatic carbocycles. The number of hydrogen-bond donors (Lipinski definition) is 1. The lowest BCUT2D eigenvalue weighted by atomic mass is 9.93. The van der Waals surface area contributed by atoms with Crippen molar-refractivity contribution in [2.75, 3.05) is 0 Å². The Morgan fingerprint density at radius 2 is 1.77 bits per heavy atom. The highest BCUT2D eigenvalue weighted by Crippen LogP contribution is 2.26. The summed E-state index contributed by atoms with van der Waals surface area (Å²) in [6.45, 7) is 1.18. The van der Waals surface area contributed by atoms with Crippen molar-refractivity contribution < 1.29 is 9.90 Å². The molecule has 1 aliphatic heterocycles. The lowest BCUT2D eigenvalue weighted by Gasteiger charge is -2.34. The van der Waals surface area contributed by atoms with Gasteiger partial charge in [-0.15, -0.1) is 12.4 Å². The Balaban J connectivity index is 0.00000176. The molecule has 0 saturated heterocycles. The summed E-state index contributed by atoms with van der Waals surface area (Å²) in [7, 11) is 0. The van der Waals surface area contributed by atoms with Crippen LogP contribution in [0.2, 0.25) is 5.02 Å². The number of halogens is 2. The van der Waals surface area contributed by atoms with Crippen molar-refractivity contribution in [2.45, 2.75) is 25.6 Å². The molecule has 116 valence electrons. The number of carboxylic acid groups (broad SMARTS) is 1. The van der Waals surface area contributed by atoms with Crippen LogP contribution in [0.15, 0.2) is 48.5 Å². The molecule has 0 fully saturated rings. The first-order chi connectivity index (χ1) is 10.1. The monoisotopic (exact) mass is 337 g/mol. The van der Waals surface area contributed by atoms with E-state index in [0.717, 1.165) is 11.1 Å². The first-order valence-electron chi connectivity index (χ1n) is 6.92. The number of rotatable bonds is 3. The Bertz CT molecular complexity index is 675. The van der Waals surface area contributed by atoms with Crippen molar-refractivity contribution in [3.8, 4) is 0 Å². The molecule has 0 spiro atoms. The molecule has 1 aliphatic rings. The van der Waals surface area contributed by atoms with E-state index in [1.165, 1.54) is 5.56 Å². The zero-order valence-electron chi connectivity index (χ0n) is 11.9. The Hall–Kier alpha value is -1.55. The van der Waals surface area contributed by atoms with Gasteiger partial charge in [0.15, 0.2) is 0 Å². The maximum absolute atomic E-state index is 11.6. The van der Waals surface area contributed by atoms with Gasteiger partial charge in [0.05, 0.1) is 0 Å². The Kier molecular flexibility index (Phi) is 5.46. The summed E-state index contributed by atoms with van der Waals surface area (Å²) >= 11 is 6.20. The Labute approximate surface area is 140 Å². The van der Waals surface area contributed by atoms with Crippen LogP contribution in [0.4, 0.5) is 0 Å². The van der Waals surface area contributed by atoms with Gasteiger partial charge in [0.1, 0.15) is 6.04 Å². The molecule has 5 heteroatoms. The van der Waals surface area contributed by atoms with Gasteiger partial charge < -0.3 is 5.11 Å². The second kappa shape index (κ2) is 7.14. The first kappa shape index (κ1) is 16.8. The van der Waals surface area contributed by atoms with E-state index < -0.39 is 12.0 Å². The lowest BCUT2D eigenvalue weighted by Crippen LogP contribution is -2.45. The van der Waals surface area contributed by atoms with Crippen molar-refractivity contribution in [1.29, 1.82) is 0 Å². The minimum Gasteiger partial charge on any atom is -0.480 e. The Morgan fingerprint density at radius 1 is 1.14 bits per heavy atom. The molecule has 22 heavy (non-hydrogen) atoms. The molecule has 0 amide bonds. The third-order valence-corrected chi connectivity index (χ3v) is 4.33. The molecule has 2 aromatic carbocycles. The van der Waals surface area contributed by atoms with Gasteiger partial charge in [-0.05, 0) is 29.2 Å². The second-order valence-corrected chi connectivity index (χ2v) is 5.73. The fraction of sp³-hybridized carbons (Fsp3) is 0.235. The Morgan fingerprint density at radius 3 is 2.45 bits per heavy atom. The number of benzene rings is 2. The van der Waals surface area contributed by atoms with E-state index in [1.807, 2.05) is 47.4 Å². The largest absolute Gasteiger partial charge is 0.480 e. The summed E-state index contributed by atoms with van der Waals surface area (Å²) < 4.78 is 0. The minimum absolute atomic E-state index is 0. The van der Waals surface area contributed by atoms with Crippen molar-refractivity contribution in [3.63, 3.8) is 0 Å². The van der Waals surface area contributed by atoms with Crippen molar-refractivity contribution in [1.82, 2.24) is 4.90 Å². The van der Waals surface area contributed by atoms with Gasteiger partial charge in [-0.25, -0.2) is 0 Å². The predicted octanol–water partition coefficient (Wildman–Crippen LogP) is 3.77. The third kappa shape index (κ3) is 3.43. The predicted molar refractivity (Wildman–Crippen MR) is 89.5 cm³/mol. The fourth-order valence-corrected chi connectivity index (χ4v) is 3.03. The molecule has 3 nitrogen and oxygen atoms in total. The zero-order chi connectivity index (χ0) is 14.8. The average molecular weight is 338 g/mol. The maximum Gasteiger partial charge on any atom is 0.321 e. The molecule has 1 heterocycles. The van der Waals surface area contributed by atoms with Gasteiger partial charge in [0.25, 0.3) is 0 Å². The summed E-state index contributed by atoms with van der Waals surface area (Å²) in [5.41, 5.74) is 3.28. The minimum atomic E-state index is -0.781. The van der Waals surface area contributed by atoms with E-state index in [-0.39, 0.29) is 12.4 Å². The normalized spacial score (nSPS) is 17.4. The van der Waals surface area contributed by atoms with Crippen molar-refractivity contribution in [2.24, 2.45) is 0 Å². The third-order valence-electron chi connectivity index (χ3n) is 3.96. The highest BCUT2D eigenvalue weighted by Gasteiger charge is 2.31. The number of carbonyl (C=O) groups is 1. The summed E-state index contributed by atoms with van der Waals surface area (Å²) in [6, 6.07) is 15.1. The highest BCUT2D eigenvalue weighted by molar-refractivity contribution is 6.31. The summed E-state index contributed by atoms with van der Waals surface area (Å²) in [5, 5.41) is 10.2. The lowest BCUT2D eigenvalue weighted by molar-refractivity contribution is -0.144. The maximum atomic E-state index is 11.6. The topological polar surface area (TPSA) is 40.5 Å². The van der Waals surface area contributed by atoms with Crippen LogP contribution in [-0.4, -0.2) is 22.0 Å². The van der Waals surface area contributed by atoms with E-state index in [9.17, 15) is 9.90 Å². The molecule has 1 unspecified atom stereocenters. The van der Waals surface area contributed by atoms with Gasteiger partial charge in [0, 0.05) is 18.1 Å². The van der Waals surface area contributed by atoms with Gasteiger partial charge in [-0.2, -0.15) is 0 Å². The highest BCUT2D eigenvalue weighted by atomic mass is 35.5. The van der Waals surface area contributed by atoms with E-state index in [0.29, 0.717) is 24.5 Å². The molecular formula is C17H17Cl2NO2. The van der Waals surface area contributed by atoms with Gasteiger partial charge >= 0.3 is 5.97 Å². The van der Waals surface area contributed by atoms with Crippen LogP contribution >= 0.6 is 24.0 Å². The van der Waals surface area contributed by atoms with Crippen molar-refractivity contribution >= 4 is 30.0 Å². The quantitative estimate of drug-likeness (QED) is 0.926. The summed E-state index contributed by atoms with van der Waals surface area (Å²) in [5.74, 6) is -0.781. The summed E-state index contributed by atoms with van der Waals surface area (Å²) in [6.07, 6.45) is 0.538. The van der Waals surface area contributed by atoms with Crippen LogP contribution in [-0.2, 0) is 24.3 Å². The molecule has 0 radical (unpaired) electrons. The molecule has 3 rings (SSSR count). The molecule has 0 bridgehead atoms. The molecular weight excluding hydrogens is 321 g/mol. The molecule has 1 N–H and O–H groups in total. The standard InChI is InChI=1S/C17H16ClNO2.ClH/c18-15-8-4-3-7-14(15)11-19-10-13-6-2-1-5-12(13)9-16(19)17(20)21;/h1-8,16H,9-11H2,(H,20,21);1H. The summed E-state index contributed by atoms with van der Waals surface area (Å²) in [4.78, 5) is 13.6. The van der Waals surface area contributed by atoms with E-state index >= 15 is 0 Å². The zero-order valence-corrected chi connectivity index (χ0v) is 13.5. The van der Waals surface area contributed by atoms with E-state index in [4.69, 9.17) is 11.6 Å². The van der Waals surface area contributed by atoms with Crippen LogP contribution in [0, 0.1) is 0 Å². The number of carboxylic acids is 1. The van der Waals surface area contributed by atoms with Crippen LogP contribution in [0.25, 0.3) is 0 Å².